The van der Waals surface area contributed by atoms with Crippen molar-refractivity contribution in [1.29, 1.82) is 5.53 Å². The molecule has 0 radical (unpaired) electrons. The highest BCUT2D eigenvalue weighted by atomic mass is 35.5. The van der Waals surface area contributed by atoms with Crippen LogP contribution in [0.1, 0.15) is 11.1 Å². The summed E-state index contributed by atoms with van der Waals surface area (Å²) in [5.74, 6) is 0. The minimum atomic E-state index is 0.152. The zero-order valence-electron chi connectivity index (χ0n) is 8.81. The molecular formula is C10H9ClN6. The fourth-order valence-corrected chi connectivity index (χ4v) is 1.98. The van der Waals surface area contributed by atoms with E-state index in [1.54, 1.807) is 6.07 Å². The lowest BCUT2D eigenvalue weighted by atomic mass is 10.0. The van der Waals surface area contributed by atoms with Crippen molar-refractivity contribution in [3.8, 4) is 0 Å². The zero-order chi connectivity index (χ0) is 12.3. The van der Waals surface area contributed by atoms with Crippen LogP contribution in [0.2, 0.25) is 5.02 Å². The van der Waals surface area contributed by atoms with Crippen molar-refractivity contribution in [3.05, 3.63) is 38.7 Å². The summed E-state index contributed by atoms with van der Waals surface area (Å²) in [6.45, 7) is 0.834. The molecule has 0 saturated carbocycles. The van der Waals surface area contributed by atoms with Gasteiger partial charge in [-0.3, -0.25) is 0 Å². The number of halogens is 1. The van der Waals surface area contributed by atoms with Crippen molar-refractivity contribution in [2.45, 2.75) is 6.54 Å². The lowest BCUT2D eigenvalue weighted by Gasteiger charge is -2.18. The maximum Gasteiger partial charge on any atom is 0.109 e. The van der Waals surface area contributed by atoms with Gasteiger partial charge in [-0.05, 0) is 17.2 Å². The minimum absolute atomic E-state index is 0.152. The molecule has 2 N–H and O–H groups in total. The average molecular weight is 249 g/mol. The Morgan fingerprint density at radius 2 is 2.41 bits per heavy atom. The summed E-state index contributed by atoms with van der Waals surface area (Å²) >= 11 is 6.21. The van der Waals surface area contributed by atoms with Gasteiger partial charge in [0.15, 0.2) is 0 Å². The number of benzene rings is 1. The van der Waals surface area contributed by atoms with Gasteiger partial charge < -0.3 is 5.32 Å². The molecule has 1 aliphatic heterocycles. The number of nitrogens with one attached hydrogen (secondary N) is 2. The van der Waals surface area contributed by atoms with Gasteiger partial charge >= 0.3 is 0 Å². The van der Waals surface area contributed by atoms with Gasteiger partial charge in [0, 0.05) is 17.0 Å². The first kappa shape index (κ1) is 11.4. The number of fused-ring (bicyclic) bond motifs is 1. The molecule has 2 rings (SSSR count). The van der Waals surface area contributed by atoms with Crippen molar-refractivity contribution in [2.24, 2.45) is 10.2 Å². The van der Waals surface area contributed by atoms with Crippen LogP contribution in [0, 0.1) is 5.53 Å². The largest absolute Gasteiger partial charge is 0.379 e. The number of nitrogens with zero attached hydrogens (tertiary/aromatic N) is 4. The van der Waals surface area contributed by atoms with Crippen LogP contribution in [-0.2, 0) is 6.54 Å². The Labute approximate surface area is 102 Å². The third kappa shape index (κ3) is 2.08. The van der Waals surface area contributed by atoms with E-state index in [0.717, 1.165) is 11.3 Å². The van der Waals surface area contributed by atoms with Crippen molar-refractivity contribution in [1.82, 2.24) is 0 Å². The molecule has 0 fully saturated rings. The van der Waals surface area contributed by atoms with Crippen LogP contribution in [0.4, 0.5) is 11.4 Å². The molecule has 0 aromatic heterocycles. The van der Waals surface area contributed by atoms with E-state index in [1.807, 2.05) is 12.2 Å². The topological polar surface area (TPSA) is 97.0 Å². The molecule has 0 atom stereocenters. The highest BCUT2D eigenvalue weighted by molar-refractivity contribution is 6.33. The van der Waals surface area contributed by atoms with Crippen LogP contribution < -0.4 is 5.32 Å². The normalized spacial score (nSPS) is 12.3. The first-order valence-corrected chi connectivity index (χ1v) is 5.30. The third-order valence-corrected chi connectivity index (χ3v) is 2.91. The summed E-state index contributed by atoms with van der Waals surface area (Å²) in [6, 6.07) is 1.66. The highest BCUT2D eigenvalue weighted by Gasteiger charge is 2.16. The average Bonchev–Trinajstić information content (AvgIpc) is 2.38. The summed E-state index contributed by atoms with van der Waals surface area (Å²) in [5, 5.41) is 10.6. The van der Waals surface area contributed by atoms with E-state index >= 15 is 0 Å². The van der Waals surface area contributed by atoms with Gasteiger partial charge in [0.05, 0.1) is 17.3 Å². The fraction of sp³-hybridized carbons (Fsp3) is 0.200. The molecule has 1 aromatic carbocycles. The molecule has 0 amide bonds. The molecule has 1 heterocycles. The standard InChI is InChI=1S/C10H9ClN6/c11-9-6(5-15-17-13)4-8(16-12)10-7(9)2-1-3-14-10/h1-2,4,12,14H,3,5H2. The monoisotopic (exact) mass is 248 g/mol. The van der Waals surface area contributed by atoms with E-state index in [1.165, 1.54) is 0 Å². The van der Waals surface area contributed by atoms with Gasteiger partial charge in [0.1, 0.15) is 5.69 Å². The minimum Gasteiger partial charge on any atom is -0.379 e. The Kier molecular flexibility index (Phi) is 3.27. The van der Waals surface area contributed by atoms with Crippen molar-refractivity contribution < 1.29 is 0 Å². The molecule has 0 aliphatic carbocycles. The summed E-state index contributed by atoms with van der Waals surface area (Å²) in [7, 11) is 0. The summed E-state index contributed by atoms with van der Waals surface area (Å²) in [4.78, 5) is 2.69. The lowest BCUT2D eigenvalue weighted by Crippen LogP contribution is -2.06. The maximum atomic E-state index is 8.31. The molecule has 0 spiro atoms. The fourth-order valence-electron chi connectivity index (χ4n) is 1.71. The van der Waals surface area contributed by atoms with Crippen LogP contribution in [-0.4, -0.2) is 6.54 Å². The molecule has 7 heteroatoms. The second-order valence-electron chi connectivity index (χ2n) is 3.44. The number of rotatable bonds is 3. The third-order valence-electron chi connectivity index (χ3n) is 2.46. The highest BCUT2D eigenvalue weighted by Crippen LogP contribution is 2.39. The molecule has 17 heavy (non-hydrogen) atoms. The zero-order valence-corrected chi connectivity index (χ0v) is 9.57. The van der Waals surface area contributed by atoms with Crippen molar-refractivity contribution >= 4 is 29.1 Å². The lowest BCUT2D eigenvalue weighted by molar-refractivity contribution is 1.04. The van der Waals surface area contributed by atoms with Crippen LogP contribution >= 0.6 is 11.6 Å². The van der Waals surface area contributed by atoms with E-state index in [2.05, 4.69) is 20.5 Å². The Morgan fingerprint density at radius 3 is 3.12 bits per heavy atom. The van der Waals surface area contributed by atoms with Gasteiger partial charge in [-0.15, -0.1) is 0 Å². The second-order valence-corrected chi connectivity index (χ2v) is 3.82. The number of hydrogen-bond donors (Lipinski definition) is 2. The molecule has 1 aromatic rings. The molecule has 0 saturated heterocycles. The summed E-state index contributed by atoms with van der Waals surface area (Å²) in [5.41, 5.74) is 18.2. The molecule has 6 nitrogen and oxygen atoms in total. The SMILES string of the molecule is [N-]=[N+]=NCc1cc(N=N)c2c(c1Cl)C=CCN2. The second kappa shape index (κ2) is 4.86. The van der Waals surface area contributed by atoms with E-state index in [4.69, 9.17) is 22.7 Å². The van der Waals surface area contributed by atoms with Gasteiger partial charge in [0.2, 0.25) is 0 Å². The van der Waals surface area contributed by atoms with E-state index in [0.29, 0.717) is 22.8 Å². The molecule has 86 valence electrons. The van der Waals surface area contributed by atoms with Crippen molar-refractivity contribution in [2.75, 3.05) is 11.9 Å². The number of anilines is 1. The van der Waals surface area contributed by atoms with Crippen LogP contribution in [0.15, 0.2) is 22.4 Å². The van der Waals surface area contributed by atoms with Gasteiger partial charge in [-0.2, -0.15) is 5.11 Å². The van der Waals surface area contributed by atoms with Crippen LogP contribution in [0.5, 0.6) is 0 Å². The summed E-state index contributed by atoms with van der Waals surface area (Å²) < 4.78 is 0. The first-order valence-electron chi connectivity index (χ1n) is 4.92. The Morgan fingerprint density at radius 1 is 1.59 bits per heavy atom. The Balaban J connectivity index is 2.60. The van der Waals surface area contributed by atoms with E-state index < -0.39 is 0 Å². The maximum absolute atomic E-state index is 8.31. The quantitative estimate of drug-likeness (QED) is 0.467. The molecule has 1 aliphatic rings. The molecular weight excluding hydrogens is 240 g/mol. The predicted octanol–water partition coefficient (Wildman–Crippen LogP) is 4.25. The van der Waals surface area contributed by atoms with Gasteiger partial charge in [0.25, 0.3) is 0 Å². The Hall–Kier alpha value is -2.04. The number of hydrogen-bond acceptors (Lipinski definition) is 4. The number of azide groups is 1. The smallest absolute Gasteiger partial charge is 0.109 e. The molecule has 0 unspecified atom stereocenters. The Bertz CT molecular complexity index is 544. The van der Waals surface area contributed by atoms with E-state index in [9.17, 15) is 0 Å². The van der Waals surface area contributed by atoms with Gasteiger partial charge in [-0.25, -0.2) is 5.53 Å². The van der Waals surface area contributed by atoms with Crippen LogP contribution in [0.3, 0.4) is 0 Å². The predicted molar refractivity (Wildman–Crippen MR) is 66.6 cm³/mol. The van der Waals surface area contributed by atoms with E-state index in [-0.39, 0.29) is 6.54 Å². The van der Waals surface area contributed by atoms with Crippen molar-refractivity contribution in [3.63, 3.8) is 0 Å². The first-order chi connectivity index (χ1) is 8.27. The van der Waals surface area contributed by atoms with Gasteiger partial charge in [-0.1, -0.05) is 28.9 Å². The molecule has 0 bridgehead atoms. The van der Waals surface area contributed by atoms with Crippen LogP contribution in [0.25, 0.3) is 16.5 Å². The summed E-state index contributed by atoms with van der Waals surface area (Å²) in [6.07, 6.45) is 3.81.